The predicted octanol–water partition coefficient (Wildman–Crippen LogP) is 3.91. The highest BCUT2D eigenvalue weighted by Crippen LogP contribution is 2.24. The average molecular weight is 369 g/mol. The SMILES string of the molecule is COc1ccc(Br)cc1CNCC(c1cccs1)N(C)C. The minimum atomic E-state index is 0.392. The maximum Gasteiger partial charge on any atom is 0.123 e. The lowest BCUT2D eigenvalue weighted by Crippen LogP contribution is -2.30. The van der Waals surface area contributed by atoms with Gasteiger partial charge in [0.25, 0.3) is 0 Å². The van der Waals surface area contributed by atoms with Crippen LogP contribution >= 0.6 is 27.3 Å². The van der Waals surface area contributed by atoms with Crippen molar-refractivity contribution < 1.29 is 4.74 Å². The van der Waals surface area contributed by atoms with Crippen LogP contribution < -0.4 is 10.1 Å². The Morgan fingerprint density at radius 1 is 1.33 bits per heavy atom. The molecule has 0 amide bonds. The van der Waals surface area contributed by atoms with Gasteiger partial charge in [-0.2, -0.15) is 0 Å². The number of likely N-dealkylation sites (N-methyl/N-ethyl adjacent to an activating group) is 1. The molecule has 0 bridgehead atoms. The van der Waals surface area contributed by atoms with Gasteiger partial charge in [-0.25, -0.2) is 0 Å². The lowest BCUT2D eigenvalue weighted by molar-refractivity contribution is 0.292. The lowest BCUT2D eigenvalue weighted by Gasteiger charge is -2.24. The fourth-order valence-electron chi connectivity index (χ4n) is 2.25. The topological polar surface area (TPSA) is 24.5 Å². The van der Waals surface area contributed by atoms with Gasteiger partial charge in [0.05, 0.1) is 13.2 Å². The van der Waals surface area contributed by atoms with E-state index in [0.717, 1.165) is 28.9 Å². The second-order valence-corrected chi connectivity index (χ2v) is 6.98. The highest BCUT2D eigenvalue weighted by Gasteiger charge is 2.14. The van der Waals surface area contributed by atoms with Crippen molar-refractivity contribution in [2.75, 3.05) is 27.7 Å². The van der Waals surface area contributed by atoms with Crippen LogP contribution in [-0.2, 0) is 6.54 Å². The van der Waals surface area contributed by atoms with E-state index in [9.17, 15) is 0 Å². The Morgan fingerprint density at radius 2 is 2.14 bits per heavy atom. The van der Waals surface area contributed by atoms with Crippen LogP contribution in [0.4, 0.5) is 0 Å². The first-order valence-corrected chi connectivity index (χ1v) is 8.52. The number of nitrogens with zero attached hydrogens (tertiary/aromatic N) is 1. The first kappa shape index (κ1) is 16.5. The quantitative estimate of drug-likeness (QED) is 0.801. The minimum Gasteiger partial charge on any atom is -0.496 e. The molecule has 0 aliphatic carbocycles. The van der Waals surface area contributed by atoms with Crippen LogP contribution in [0.25, 0.3) is 0 Å². The van der Waals surface area contributed by atoms with E-state index in [1.807, 2.05) is 12.1 Å². The number of nitrogens with one attached hydrogen (secondary N) is 1. The molecule has 0 saturated heterocycles. The summed E-state index contributed by atoms with van der Waals surface area (Å²) >= 11 is 5.31. The van der Waals surface area contributed by atoms with Crippen LogP contribution in [0.5, 0.6) is 5.75 Å². The molecule has 1 aromatic carbocycles. The molecule has 1 N–H and O–H groups in total. The molecule has 0 radical (unpaired) electrons. The molecule has 0 aliphatic rings. The first-order chi connectivity index (χ1) is 10.1. The Morgan fingerprint density at radius 3 is 2.76 bits per heavy atom. The number of methoxy groups -OCH3 is 1. The van der Waals surface area contributed by atoms with Gasteiger partial charge in [-0.05, 0) is 43.7 Å². The van der Waals surface area contributed by atoms with Crippen molar-refractivity contribution >= 4 is 27.3 Å². The van der Waals surface area contributed by atoms with Gasteiger partial charge in [0.15, 0.2) is 0 Å². The van der Waals surface area contributed by atoms with Crippen molar-refractivity contribution in [2.24, 2.45) is 0 Å². The fraction of sp³-hybridized carbons (Fsp3) is 0.375. The molecular weight excluding hydrogens is 348 g/mol. The van der Waals surface area contributed by atoms with Crippen LogP contribution in [0.2, 0.25) is 0 Å². The van der Waals surface area contributed by atoms with Crippen LogP contribution in [0.3, 0.4) is 0 Å². The fourth-order valence-corrected chi connectivity index (χ4v) is 3.58. The van der Waals surface area contributed by atoms with Gasteiger partial charge in [-0.3, -0.25) is 0 Å². The first-order valence-electron chi connectivity index (χ1n) is 6.84. The van der Waals surface area contributed by atoms with Gasteiger partial charge in [-0.15, -0.1) is 11.3 Å². The molecule has 0 saturated carbocycles. The predicted molar refractivity (Wildman–Crippen MR) is 93.1 cm³/mol. The second-order valence-electron chi connectivity index (χ2n) is 5.08. The number of thiophene rings is 1. The summed E-state index contributed by atoms with van der Waals surface area (Å²) in [5.74, 6) is 0.920. The molecule has 0 fully saturated rings. The van der Waals surface area contributed by atoms with E-state index < -0.39 is 0 Å². The van der Waals surface area contributed by atoms with Crippen molar-refractivity contribution in [3.8, 4) is 5.75 Å². The third-order valence-electron chi connectivity index (χ3n) is 3.39. The van der Waals surface area contributed by atoms with Crippen molar-refractivity contribution in [1.82, 2.24) is 10.2 Å². The molecule has 1 heterocycles. The molecule has 1 aromatic heterocycles. The summed E-state index contributed by atoms with van der Waals surface area (Å²) in [5, 5.41) is 5.67. The normalized spacial score (nSPS) is 12.6. The van der Waals surface area contributed by atoms with Gasteiger partial charge in [0.2, 0.25) is 0 Å². The molecule has 114 valence electrons. The summed E-state index contributed by atoms with van der Waals surface area (Å²) in [7, 11) is 5.94. The van der Waals surface area contributed by atoms with E-state index in [0.29, 0.717) is 6.04 Å². The van der Waals surface area contributed by atoms with Crippen molar-refractivity contribution in [1.29, 1.82) is 0 Å². The summed E-state index contributed by atoms with van der Waals surface area (Å²) in [5.41, 5.74) is 1.16. The second kappa shape index (κ2) is 7.94. The molecule has 21 heavy (non-hydrogen) atoms. The van der Waals surface area contributed by atoms with Gasteiger partial charge < -0.3 is 15.0 Å². The maximum atomic E-state index is 5.41. The summed E-state index contributed by atoms with van der Waals surface area (Å²) < 4.78 is 6.48. The molecule has 2 aromatic rings. The zero-order valence-electron chi connectivity index (χ0n) is 12.6. The number of halogens is 1. The Labute approximate surface area is 139 Å². The summed E-state index contributed by atoms with van der Waals surface area (Å²) in [6.07, 6.45) is 0. The smallest absolute Gasteiger partial charge is 0.123 e. The Balaban J connectivity index is 1.98. The standard InChI is InChI=1S/C16H21BrN2OS/c1-19(2)14(16-5-4-8-21-16)11-18-10-12-9-13(17)6-7-15(12)20-3/h4-9,14,18H,10-11H2,1-3H3. The van der Waals surface area contributed by atoms with Crippen molar-refractivity contribution in [2.45, 2.75) is 12.6 Å². The van der Waals surface area contributed by atoms with E-state index in [-0.39, 0.29) is 0 Å². The molecule has 0 aliphatic heterocycles. The van der Waals surface area contributed by atoms with E-state index in [2.05, 4.69) is 63.8 Å². The molecule has 1 unspecified atom stereocenters. The molecule has 3 nitrogen and oxygen atoms in total. The molecule has 0 spiro atoms. The highest BCUT2D eigenvalue weighted by molar-refractivity contribution is 9.10. The van der Waals surface area contributed by atoms with E-state index in [1.165, 1.54) is 4.88 Å². The zero-order chi connectivity index (χ0) is 15.2. The third-order valence-corrected chi connectivity index (χ3v) is 4.86. The summed E-state index contributed by atoms with van der Waals surface area (Å²) in [4.78, 5) is 3.63. The molecule has 2 rings (SSSR count). The maximum absolute atomic E-state index is 5.41. The highest BCUT2D eigenvalue weighted by atomic mass is 79.9. The average Bonchev–Trinajstić information content (AvgIpc) is 2.97. The number of hydrogen-bond acceptors (Lipinski definition) is 4. The van der Waals surface area contributed by atoms with Crippen molar-refractivity contribution in [3.05, 3.63) is 50.6 Å². The van der Waals surface area contributed by atoms with Gasteiger partial charge in [0.1, 0.15) is 5.75 Å². The van der Waals surface area contributed by atoms with E-state index in [1.54, 1.807) is 18.4 Å². The van der Waals surface area contributed by atoms with E-state index >= 15 is 0 Å². The summed E-state index contributed by atoms with van der Waals surface area (Å²) in [6.45, 7) is 1.70. The molecule has 5 heteroatoms. The van der Waals surface area contributed by atoms with Gasteiger partial charge >= 0.3 is 0 Å². The largest absolute Gasteiger partial charge is 0.496 e. The third kappa shape index (κ3) is 4.54. The summed E-state index contributed by atoms with van der Waals surface area (Å²) in [6, 6.07) is 10.8. The Kier molecular flexibility index (Phi) is 6.23. The number of benzene rings is 1. The number of rotatable bonds is 7. The van der Waals surface area contributed by atoms with Gasteiger partial charge in [-0.1, -0.05) is 22.0 Å². The minimum absolute atomic E-state index is 0.392. The Bertz CT molecular complexity index is 557. The molecule has 1 atom stereocenters. The number of ether oxygens (including phenoxy) is 1. The van der Waals surface area contributed by atoms with Crippen LogP contribution in [-0.4, -0.2) is 32.6 Å². The van der Waals surface area contributed by atoms with Crippen LogP contribution in [0.1, 0.15) is 16.5 Å². The van der Waals surface area contributed by atoms with Crippen LogP contribution in [0.15, 0.2) is 40.2 Å². The zero-order valence-corrected chi connectivity index (χ0v) is 15.0. The Hall–Kier alpha value is -0.880. The number of hydrogen-bond donors (Lipinski definition) is 1. The van der Waals surface area contributed by atoms with Crippen LogP contribution in [0, 0.1) is 0 Å². The van der Waals surface area contributed by atoms with E-state index in [4.69, 9.17) is 4.74 Å². The van der Waals surface area contributed by atoms with Gasteiger partial charge in [0, 0.05) is 28.0 Å². The molecular formula is C16H21BrN2OS. The van der Waals surface area contributed by atoms with Crippen molar-refractivity contribution in [3.63, 3.8) is 0 Å². The monoisotopic (exact) mass is 368 g/mol. The lowest BCUT2D eigenvalue weighted by atomic mass is 10.2.